The molecule has 0 aromatic rings. The van der Waals surface area contributed by atoms with Gasteiger partial charge >= 0.3 is 17.9 Å². The Morgan fingerprint density at radius 2 is 0.479 bits per heavy atom. The van der Waals surface area contributed by atoms with Crippen LogP contribution in [0.3, 0.4) is 0 Å². The molecule has 434 valence electrons. The van der Waals surface area contributed by atoms with Crippen LogP contribution >= 0.6 is 0 Å². The van der Waals surface area contributed by atoms with E-state index in [9.17, 15) is 14.4 Å². The van der Waals surface area contributed by atoms with Crippen molar-refractivity contribution < 1.29 is 28.6 Å². The molecule has 0 fully saturated rings. The van der Waals surface area contributed by atoms with Crippen LogP contribution < -0.4 is 0 Å². The van der Waals surface area contributed by atoms with Crippen LogP contribution in [0.2, 0.25) is 0 Å². The van der Waals surface area contributed by atoms with E-state index in [4.69, 9.17) is 14.2 Å². The molecule has 6 nitrogen and oxygen atoms in total. The molecule has 0 aliphatic rings. The summed E-state index contributed by atoms with van der Waals surface area (Å²) in [6.07, 6.45) is 64.0. The maximum atomic E-state index is 12.9. The highest BCUT2D eigenvalue weighted by Gasteiger charge is 2.20. The van der Waals surface area contributed by atoms with Crippen molar-refractivity contribution in [1.29, 1.82) is 0 Å². The van der Waals surface area contributed by atoms with Crippen molar-refractivity contribution in [3.8, 4) is 0 Å². The number of esters is 3. The molecule has 0 aliphatic heterocycles. The molecule has 0 radical (unpaired) electrons. The Balaban J connectivity index is 4.22. The average molecular weight is 1030 g/mol. The molecule has 0 aliphatic carbocycles. The highest BCUT2D eigenvalue weighted by atomic mass is 16.6. The van der Waals surface area contributed by atoms with Gasteiger partial charge in [0.15, 0.2) is 6.10 Å². The van der Waals surface area contributed by atoms with Gasteiger partial charge in [0.1, 0.15) is 13.2 Å². The molecule has 0 saturated carbocycles. The highest BCUT2D eigenvalue weighted by molar-refractivity contribution is 5.71. The van der Waals surface area contributed by atoms with Crippen LogP contribution in [0.4, 0.5) is 0 Å². The predicted molar refractivity (Wildman–Crippen MR) is 316 cm³/mol. The smallest absolute Gasteiger partial charge is 0.306 e. The molecule has 0 saturated heterocycles. The van der Waals surface area contributed by atoms with Crippen LogP contribution in [0.5, 0.6) is 0 Å². The van der Waals surface area contributed by atoms with E-state index in [-0.39, 0.29) is 31.1 Å². The van der Waals surface area contributed by atoms with Gasteiger partial charge in [-0.2, -0.15) is 0 Å². The van der Waals surface area contributed by atoms with E-state index < -0.39 is 6.10 Å². The third-order valence-corrected chi connectivity index (χ3v) is 15.8. The summed E-state index contributed by atoms with van der Waals surface area (Å²) < 4.78 is 17.0. The summed E-state index contributed by atoms with van der Waals surface area (Å²) in [5, 5.41) is 0. The lowest BCUT2D eigenvalue weighted by molar-refractivity contribution is -0.167. The lowest BCUT2D eigenvalue weighted by Gasteiger charge is -2.18. The molecule has 0 bridgehead atoms. The second-order valence-electron chi connectivity index (χ2n) is 24.3. The molecule has 0 aromatic carbocycles. The zero-order valence-corrected chi connectivity index (χ0v) is 50.4. The molecular formula is C67H130O6. The molecule has 0 aromatic heterocycles. The lowest BCUT2D eigenvalue weighted by atomic mass is 9.99. The lowest BCUT2D eigenvalue weighted by Crippen LogP contribution is -2.30. The topological polar surface area (TPSA) is 78.9 Å². The van der Waals surface area contributed by atoms with Gasteiger partial charge in [-0.3, -0.25) is 14.4 Å². The van der Waals surface area contributed by atoms with Gasteiger partial charge in [-0.15, -0.1) is 0 Å². The maximum absolute atomic E-state index is 12.9. The minimum atomic E-state index is -0.765. The third-order valence-electron chi connectivity index (χ3n) is 15.8. The maximum Gasteiger partial charge on any atom is 0.306 e. The Morgan fingerprint density at radius 3 is 0.712 bits per heavy atom. The Bertz CT molecular complexity index is 1130. The summed E-state index contributed by atoms with van der Waals surface area (Å²) in [5.74, 6) is 1.74. The van der Waals surface area contributed by atoms with Crippen molar-refractivity contribution in [3.05, 3.63) is 0 Å². The van der Waals surface area contributed by atoms with Crippen LogP contribution in [0.25, 0.3) is 0 Å². The summed E-state index contributed by atoms with van der Waals surface area (Å²) in [6, 6.07) is 0. The Morgan fingerprint density at radius 1 is 0.274 bits per heavy atom. The number of hydrogen-bond acceptors (Lipinski definition) is 6. The molecule has 0 amide bonds. The quantitative estimate of drug-likeness (QED) is 0.0343. The first-order valence-corrected chi connectivity index (χ1v) is 33.1. The minimum Gasteiger partial charge on any atom is -0.462 e. The number of unbranched alkanes of at least 4 members (excludes halogenated alkanes) is 42. The molecule has 6 heteroatoms. The Kier molecular flexibility index (Phi) is 56.8. The monoisotopic (exact) mass is 1030 g/mol. The molecule has 1 unspecified atom stereocenters. The fraction of sp³-hybridized carbons (Fsp3) is 0.955. The standard InChI is InChI=1S/C67H130O6/c1-7-63(6)55-49-43-37-31-25-21-17-13-9-11-15-19-23-27-33-40-46-52-58-67(70)73-64(60-72-66(69)57-51-45-39-34-28-30-36-42-48-54-62(4)5)59-71-65(68)56-50-44-38-32-26-22-18-14-10-8-12-16-20-24-29-35-41-47-53-61(2)3/h61-64H,7-60H2,1-6H3/t63?,64-/m0/s1. The predicted octanol–water partition coefficient (Wildman–Crippen LogP) is 22.2. The Hall–Kier alpha value is -1.59. The van der Waals surface area contributed by atoms with E-state index in [1.807, 2.05) is 0 Å². The van der Waals surface area contributed by atoms with Crippen molar-refractivity contribution in [1.82, 2.24) is 0 Å². The van der Waals surface area contributed by atoms with Gasteiger partial charge in [0.2, 0.25) is 0 Å². The number of rotatable bonds is 60. The zero-order chi connectivity index (χ0) is 53.3. The van der Waals surface area contributed by atoms with Gasteiger partial charge in [-0.25, -0.2) is 0 Å². The van der Waals surface area contributed by atoms with Crippen molar-refractivity contribution >= 4 is 17.9 Å². The molecule has 0 heterocycles. The molecule has 2 atom stereocenters. The third kappa shape index (κ3) is 59.5. The van der Waals surface area contributed by atoms with Crippen LogP contribution in [-0.4, -0.2) is 37.2 Å². The van der Waals surface area contributed by atoms with Gasteiger partial charge in [-0.05, 0) is 37.0 Å². The highest BCUT2D eigenvalue weighted by Crippen LogP contribution is 2.20. The van der Waals surface area contributed by atoms with Crippen molar-refractivity contribution in [2.24, 2.45) is 17.8 Å². The first kappa shape index (κ1) is 71.4. The second kappa shape index (κ2) is 58.1. The summed E-state index contributed by atoms with van der Waals surface area (Å²) in [5.41, 5.74) is 0. The first-order chi connectivity index (χ1) is 35.6. The van der Waals surface area contributed by atoms with Crippen LogP contribution in [0, 0.1) is 17.8 Å². The summed E-state index contributed by atoms with van der Waals surface area (Å²) >= 11 is 0. The largest absolute Gasteiger partial charge is 0.462 e. The van der Waals surface area contributed by atoms with Crippen LogP contribution in [-0.2, 0) is 28.6 Å². The van der Waals surface area contributed by atoms with Gasteiger partial charge in [0.25, 0.3) is 0 Å². The van der Waals surface area contributed by atoms with E-state index in [0.717, 1.165) is 75.5 Å². The number of carbonyl (C=O) groups excluding carboxylic acids is 3. The Labute approximate surface area is 457 Å². The summed E-state index contributed by atoms with van der Waals surface area (Å²) in [4.78, 5) is 38.3. The fourth-order valence-corrected chi connectivity index (χ4v) is 10.4. The molecule has 0 spiro atoms. The van der Waals surface area contributed by atoms with Gasteiger partial charge in [0, 0.05) is 19.3 Å². The first-order valence-electron chi connectivity index (χ1n) is 33.1. The van der Waals surface area contributed by atoms with Crippen LogP contribution in [0.15, 0.2) is 0 Å². The summed E-state index contributed by atoms with van der Waals surface area (Å²) in [6.45, 7) is 13.8. The SMILES string of the molecule is CCC(C)CCCCCCCCCCCCCCCCCCCCC(=O)O[C@@H](COC(=O)CCCCCCCCCCCCCCCCCCCCC(C)C)COC(=O)CCCCCCCCCCCC(C)C. The van der Waals surface area contributed by atoms with E-state index in [0.29, 0.717) is 19.3 Å². The normalized spacial score (nSPS) is 12.5. The second-order valence-corrected chi connectivity index (χ2v) is 24.3. The zero-order valence-electron chi connectivity index (χ0n) is 50.4. The molecule has 73 heavy (non-hydrogen) atoms. The van der Waals surface area contributed by atoms with Crippen molar-refractivity contribution in [3.63, 3.8) is 0 Å². The molecular weight excluding hydrogens is 901 g/mol. The van der Waals surface area contributed by atoms with Gasteiger partial charge < -0.3 is 14.2 Å². The number of hydrogen-bond donors (Lipinski definition) is 0. The number of carbonyl (C=O) groups is 3. The fourth-order valence-electron chi connectivity index (χ4n) is 10.4. The van der Waals surface area contributed by atoms with Gasteiger partial charge in [-0.1, -0.05) is 337 Å². The van der Waals surface area contributed by atoms with Crippen LogP contribution in [0.1, 0.15) is 375 Å². The average Bonchev–Trinajstić information content (AvgIpc) is 3.37. The summed E-state index contributed by atoms with van der Waals surface area (Å²) in [7, 11) is 0. The molecule has 0 rings (SSSR count). The van der Waals surface area contributed by atoms with E-state index in [1.165, 1.54) is 257 Å². The minimum absolute atomic E-state index is 0.0627. The van der Waals surface area contributed by atoms with Crippen molar-refractivity contribution in [2.75, 3.05) is 13.2 Å². The van der Waals surface area contributed by atoms with E-state index in [2.05, 4.69) is 41.5 Å². The number of ether oxygens (including phenoxy) is 3. The van der Waals surface area contributed by atoms with Gasteiger partial charge in [0.05, 0.1) is 0 Å². The van der Waals surface area contributed by atoms with E-state index >= 15 is 0 Å². The van der Waals surface area contributed by atoms with Crippen molar-refractivity contribution in [2.45, 2.75) is 382 Å². The molecule has 0 N–H and O–H groups in total. The van der Waals surface area contributed by atoms with E-state index in [1.54, 1.807) is 0 Å².